The SMILES string of the molecule is CC(Cc1ccsc1)NC(=O)N1CCCC1. The van der Waals surface area contributed by atoms with Gasteiger partial charge in [0.25, 0.3) is 0 Å². The average Bonchev–Trinajstić information content (AvgIpc) is 2.88. The number of likely N-dealkylation sites (tertiary alicyclic amines) is 1. The first kappa shape index (κ1) is 11.5. The number of hydrogen-bond donors (Lipinski definition) is 1. The zero-order valence-corrected chi connectivity index (χ0v) is 10.4. The fourth-order valence-corrected chi connectivity index (χ4v) is 2.72. The zero-order chi connectivity index (χ0) is 11.4. The molecule has 1 saturated heterocycles. The van der Waals surface area contributed by atoms with Crippen LogP contribution in [0.3, 0.4) is 0 Å². The van der Waals surface area contributed by atoms with E-state index in [1.165, 1.54) is 5.56 Å². The minimum absolute atomic E-state index is 0.0974. The van der Waals surface area contributed by atoms with Gasteiger partial charge in [-0.05, 0) is 48.6 Å². The lowest BCUT2D eigenvalue weighted by atomic mass is 10.1. The second-order valence-electron chi connectivity index (χ2n) is 4.38. The smallest absolute Gasteiger partial charge is 0.317 e. The molecule has 3 nitrogen and oxygen atoms in total. The van der Waals surface area contributed by atoms with E-state index in [1.807, 2.05) is 4.90 Å². The van der Waals surface area contributed by atoms with Gasteiger partial charge >= 0.3 is 6.03 Å². The number of nitrogens with one attached hydrogen (secondary N) is 1. The van der Waals surface area contributed by atoms with Crippen molar-refractivity contribution in [3.63, 3.8) is 0 Å². The van der Waals surface area contributed by atoms with E-state index < -0.39 is 0 Å². The molecule has 0 radical (unpaired) electrons. The van der Waals surface area contributed by atoms with E-state index in [9.17, 15) is 4.79 Å². The van der Waals surface area contributed by atoms with Gasteiger partial charge in [-0.1, -0.05) is 0 Å². The summed E-state index contributed by atoms with van der Waals surface area (Å²) in [5, 5.41) is 7.26. The van der Waals surface area contributed by atoms with Gasteiger partial charge in [0, 0.05) is 19.1 Å². The lowest BCUT2D eigenvalue weighted by Gasteiger charge is -2.20. The number of carbonyl (C=O) groups is 1. The lowest BCUT2D eigenvalue weighted by Crippen LogP contribution is -2.43. The molecular weight excluding hydrogens is 220 g/mol. The summed E-state index contributed by atoms with van der Waals surface area (Å²) in [5.41, 5.74) is 1.30. The standard InChI is InChI=1S/C12H18N2OS/c1-10(8-11-4-7-16-9-11)13-12(15)14-5-2-3-6-14/h4,7,9-10H,2-3,5-6,8H2,1H3,(H,13,15). The third-order valence-corrected chi connectivity index (χ3v) is 3.62. The van der Waals surface area contributed by atoms with E-state index in [1.54, 1.807) is 11.3 Å². The Morgan fingerprint density at radius 3 is 2.94 bits per heavy atom. The van der Waals surface area contributed by atoms with Gasteiger partial charge in [-0.3, -0.25) is 0 Å². The zero-order valence-electron chi connectivity index (χ0n) is 9.61. The van der Waals surface area contributed by atoms with Gasteiger partial charge in [0.1, 0.15) is 0 Å². The largest absolute Gasteiger partial charge is 0.335 e. The van der Waals surface area contributed by atoms with E-state index in [4.69, 9.17) is 0 Å². The highest BCUT2D eigenvalue weighted by atomic mass is 32.1. The molecule has 1 aliphatic rings. The number of urea groups is 1. The number of thiophene rings is 1. The molecule has 2 rings (SSSR count). The van der Waals surface area contributed by atoms with Crippen LogP contribution in [0.1, 0.15) is 25.3 Å². The molecule has 4 heteroatoms. The number of nitrogens with zero attached hydrogens (tertiary/aromatic N) is 1. The van der Waals surface area contributed by atoms with Crippen LogP contribution in [-0.2, 0) is 6.42 Å². The van der Waals surface area contributed by atoms with E-state index in [-0.39, 0.29) is 12.1 Å². The van der Waals surface area contributed by atoms with E-state index in [0.29, 0.717) is 0 Å². The molecule has 1 unspecified atom stereocenters. The van der Waals surface area contributed by atoms with Crippen molar-refractivity contribution in [2.75, 3.05) is 13.1 Å². The van der Waals surface area contributed by atoms with Crippen molar-refractivity contribution < 1.29 is 4.79 Å². The lowest BCUT2D eigenvalue weighted by molar-refractivity contribution is 0.205. The average molecular weight is 238 g/mol. The molecular formula is C12H18N2OS. The minimum Gasteiger partial charge on any atom is -0.335 e. The fourth-order valence-electron chi connectivity index (χ4n) is 2.04. The molecule has 0 aromatic carbocycles. The van der Waals surface area contributed by atoms with Crippen molar-refractivity contribution >= 4 is 17.4 Å². The Kier molecular flexibility index (Phi) is 3.83. The molecule has 16 heavy (non-hydrogen) atoms. The summed E-state index contributed by atoms with van der Waals surface area (Å²) >= 11 is 1.70. The number of carbonyl (C=O) groups excluding carboxylic acids is 1. The van der Waals surface area contributed by atoms with Crippen molar-refractivity contribution in [3.8, 4) is 0 Å². The topological polar surface area (TPSA) is 32.3 Å². The first-order valence-electron chi connectivity index (χ1n) is 5.82. The minimum atomic E-state index is 0.0974. The van der Waals surface area contributed by atoms with Crippen LogP contribution in [-0.4, -0.2) is 30.1 Å². The molecule has 1 atom stereocenters. The third kappa shape index (κ3) is 2.98. The highest BCUT2D eigenvalue weighted by molar-refractivity contribution is 7.07. The molecule has 2 amide bonds. The molecule has 1 aromatic rings. The monoisotopic (exact) mass is 238 g/mol. The summed E-state index contributed by atoms with van der Waals surface area (Å²) in [4.78, 5) is 13.7. The van der Waals surface area contributed by atoms with Crippen LogP contribution in [0.4, 0.5) is 4.79 Å². The Balaban J connectivity index is 1.78. The van der Waals surface area contributed by atoms with Crippen molar-refractivity contribution in [2.24, 2.45) is 0 Å². The number of amides is 2. The first-order chi connectivity index (χ1) is 7.75. The number of rotatable bonds is 3. The predicted molar refractivity (Wildman–Crippen MR) is 66.8 cm³/mol. The van der Waals surface area contributed by atoms with Crippen molar-refractivity contribution in [1.82, 2.24) is 10.2 Å². The van der Waals surface area contributed by atoms with Gasteiger partial charge in [-0.15, -0.1) is 0 Å². The second kappa shape index (κ2) is 5.34. The Morgan fingerprint density at radius 1 is 1.56 bits per heavy atom. The molecule has 0 aliphatic carbocycles. The maximum absolute atomic E-state index is 11.8. The Labute approximate surface area is 100 Å². The molecule has 1 aromatic heterocycles. The van der Waals surface area contributed by atoms with Crippen LogP contribution < -0.4 is 5.32 Å². The quantitative estimate of drug-likeness (QED) is 0.862. The van der Waals surface area contributed by atoms with Crippen LogP contribution >= 0.6 is 11.3 Å². The summed E-state index contributed by atoms with van der Waals surface area (Å²) < 4.78 is 0. The second-order valence-corrected chi connectivity index (χ2v) is 5.16. The maximum atomic E-state index is 11.8. The summed E-state index contributed by atoms with van der Waals surface area (Å²) in [7, 11) is 0. The summed E-state index contributed by atoms with van der Waals surface area (Å²) in [5.74, 6) is 0. The van der Waals surface area contributed by atoms with Gasteiger partial charge < -0.3 is 10.2 Å². The summed E-state index contributed by atoms with van der Waals surface area (Å²) in [6.45, 7) is 3.89. The van der Waals surface area contributed by atoms with Crippen LogP contribution in [0.15, 0.2) is 16.8 Å². The highest BCUT2D eigenvalue weighted by Gasteiger charge is 2.19. The number of hydrogen-bond acceptors (Lipinski definition) is 2. The molecule has 1 N–H and O–H groups in total. The van der Waals surface area contributed by atoms with Crippen LogP contribution in [0.25, 0.3) is 0 Å². The Hall–Kier alpha value is -1.03. The van der Waals surface area contributed by atoms with Gasteiger partial charge in [0.15, 0.2) is 0 Å². The summed E-state index contributed by atoms with van der Waals surface area (Å²) in [6, 6.07) is 2.42. The van der Waals surface area contributed by atoms with Gasteiger partial charge in [-0.25, -0.2) is 4.79 Å². The Morgan fingerprint density at radius 2 is 2.31 bits per heavy atom. The van der Waals surface area contributed by atoms with Crippen LogP contribution in [0.2, 0.25) is 0 Å². The summed E-state index contributed by atoms with van der Waals surface area (Å²) in [6.07, 6.45) is 3.21. The van der Waals surface area contributed by atoms with Gasteiger partial charge in [0.05, 0.1) is 0 Å². The molecule has 1 aliphatic heterocycles. The third-order valence-electron chi connectivity index (χ3n) is 2.89. The molecule has 2 heterocycles. The first-order valence-corrected chi connectivity index (χ1v) is 6.76. The van der Waals surface area contributed by atoms with Crippen molar-refractivity contribution in [3.05, 3.63) is 22.4 Å². The molecule has 88 valence electrons. The molecule has 0 bridgehead atoms. The van der Waals surface area contributed by atoms with E-state index >= 15 is 0 Å². The van der Waals surface area contributed by atoms with Crippen LogP contribution in [0.5, 0.6) is 0 Å². The molecule has 1 fully saturated rings. The maximum Gasteiger partial charge on any atom is 0.317 e. The highest BCUT2D eigenvalue weighted by Crippen LogP contribution is 2.10. The fraction of sp³-hybridized carbons (Fsp3) is 0.583. The van der Waals surface area contributed by atoms with Gasteiger partial charge in [0.2, 0.25) is 0 Å². The predicted octanol–water partition coefficient (Wildman–Crippen LogP) is 2.48. The van der Waals surface area contributed by atoms with E-state index in [2.05, 4.69) is 29.1 Å². The molecule has 0 saturated carbocycles. The van der Waals surface area contributed by atoms with Crippen LogP contribution in [0, 0.1) is 0 Å². The normalized spacial score (nSPS) is 17.4. The van der Waals surface area contributed by atoms with E-state index in [0.717, 1.165) is 32.4 Å². The van der Waals surface area contributed by atoms with Crippen molar-refractivity contribution in [2.45, 2.75) is 32.2 Å². The van der Waals surface area contributed by atoms with Gasteiger partial charge in [-0.2, -0.15) is 11.3 Å². The molecule has 0 spiro atoms. The van der Waals surface area contributed by atoms with Crippen molar-refractivity contribution in [1.29, 1.82) is 0 Å². The Bertz CT molecular complexity index is 331.